The van der Waals surface area contributed by atoms with Gasteiger partial charge in [-0.1, -0.05) is 31.0 Å². The van der Waals surface area contributed by atoms with Crippen molar-refractivity contribution < 1.29 is 4.74 Å². The van der Waals surface area contributed by atoms with Gasteiger partial charge < -0.3 is 4.74 Å². The fraction of sp³-hybridized carbons (Fsp3) is 0.400. The Balaban J connectivity index is 1.62. The molecule has 5 rings (SSSR count). The maximum atomic E-state index is 6.63. The number of hydrogen-bond acceptors (Lipinski definition) is 5. The molecule has 1 aliphatic heterocycles. The molecular weight excluding hydrogens is 422 g/mol. The first-order chi connectivity index (χ1) is 15.6. The summed E-state index contributed by atoms with van der Waals surface area (Å²) in [4.78, 5) is 7.28. The number of hydrogen-bond donors (Lipinski definition) is 0. The van der Waals surface area contributed by atoms with E-state index in [1.807, 2.05) is 25.1 Å². The molecule has 0 aliphatic carbocycles. The van der Waals surface area contributed by atoms with Crippen molar-refractivity contribution in [1.82, 2.24) is 24.5 Å². The molecule has 0 N–H and O–H groups in total. The van der Waals surface area contributed by atoms with Gasteiger partial charge in [-0.15, -0.1) is 10.2 Å². The first-order valence-corrected chi connectivity index (χ1v) is 11.8. The first kappa shape index (κ1) is 21.2. The van der Waals surface area contributed by atoms with E-state index < -0.39 is 0 Å². The van der Waals surface area contributed by atoms with Crippen LogP contribution in [0.5, 0.6) is 5.75 Å². The van der Waals surface area contributed by atoms with Gasteiger partial charge in [-0.05, 0) is 75.2 Å². The van der Waals surface area contributed by atoms with E-state index in [0.29, 0.717) is 17.5 Å². The van der Waals surface area contributed by atoms with Gasteiger partial charge in [-0.2, -0.15) is 0 Å². The Kier molecular flexibility index (Phi) is 5.98. The van der Waals surface area contributed by atoms with Gasteiger partial charge in [-0.25, -0.2) is 4.98 Å². The zero-order chi connectivity index (χ0) is 22.1. The maximum Gasteiger partial charge on any atom is 0.183 e. The second kappa shape index (κ2) is 9.04. The Morgan fingerprint density at radius 2 is 1.91 bits per heavy atom. The molecule has 0 saturated carbocycles. The molecule has 7 heteroatoms. The second-order valence-electron chi connectivity index (χ2n) is 8.53. The lowest BCUT2D eigenvalue weighted by Crippen LogP contribution is -2.18. The van der Waals surface area contributed by atoms with Crippen LogP contribution in [-0.4, -0.2) is 44.2 Å². The monoisotopic (exact) mass is 449 g/mol. The predicted molar refractivity (Wildman–Crippen MR) is 128 cm³/mol. The smallest absolute Gasteiger partial charge is 0.183 e. The van der Waals surface area contributed by atoms with Crippen LogP contribution in [-0.2, 0) is 6.54 Å². The molecule has 1 fully saturated rings. The lowest BCUT2D eigenvalue weighted by atomic mass is 10.1. The molecule has 3 heterocycles. The Hall–Kier alpha value is -2.70. The second-order valence-corrected chi connectivity index (χ2v) is 8.94. The molecule has 2 aromatic carbocycles. The van der Waals surface area contributed by atoms with Crippen molar-refractivity contribution in [3.05, 3.63) is 52.7 Å². The highest BCUT2D eigenvalue weighted by atomic mass is 35.5. The molecule has 0 unspecified atom stereocenters. The van der Waals surface area contributed by atoms with Crippen LogP contribution in [0.3, 0.4) is 0 Å². The van der Waals surface area contributed by atoms with Gasteiger partial charge in [0.2, 0.25) is 0 Å². The molecule has 1 saturated heterocycles. The molecule has 1 aliphatic rings. The number of rotatable bonds is 7. The molecule has 166 valence electrons. The van der Waals surface area contributed by atoms with Crippen molar-refractivity contribution in [2.24, 2.45) is 0 Å². The summed E-state index contributed by atoms with van der Waals surface area (Å²) in [5, 5.41) is 9.62. The van der Waals surface area contributed by atoms with Crippen molar-refractivity contribution in [1.29, 1.82) is 0 Å². The minimum Gasteiger partial charge on any atom is -0.494 e. The Morgan fingerprint density at radius 1 is 1.06 bits per heavy atom. The van der Waals surface area contributed by atoms with Crippen LogP contribution in [0.25, 0.3) is 28.1 Å². The molecule has 0 atom stereocenters. The van der Waals surface area contributed by atoms with E-state index in [4.69, 9.17) is 21.3 Å². The fourth-order valence-electron chi connectivity index (χ4n) is 4.39. The van der Waals surface area contributed by atoms with E-state index in [-0.39, 0.29) is 0 Å². The molecule has 32 heavy (non-hydrogen) atoms. The van der Waals surface area contributed by atoms with E-state index in [1.54, 1.807) is 0 Å². The highest BCUT2D eigenvalue weighted by Crippen LogP contribution is 2.33. The average Bonchev–Trinajstić information content (AvgIpc) is 3.46. The number of aryl methyl sites for hydroxylation is 1. The van der Waals surface area contributed by atoms with E-state index in [9.17, 15) is 0 Å². The number of ether oxygens (including phenoxy) is 1. The number of nitrogens with zero attached hydrogens (tertiary/aromatic N) is 5. The highest BCUT2D eigenvalue weighted by Gasteiger charge is 2.18. The lowest BCUT2D eigenvalue weighted by Gasteiger charge is -2.15. The van der Waals surface area contributed by atoms with Crippen molar-refractivity contribution in [3.8, 4) is 17.1 Å². The number of benzene rings is 2. The topological polar surface area (TPSA) is 55.6 Å². The number of likely N-dealkylation sites (tertiary alicyclic amines) is 1. The molecule has 0 amide bonds. The van der Waals surface area contributed by atoms with Crippen molar-refractivity contribution >= 4 is 28.3 Å². The van der Waals surface area contributed by atoms with Gasteiger partial charge >= 0.3 is 0 Å². The summed E-state index contributed by atoms with van der Waals surface area (Å²) in [6, 6.07) is 12.2. The Labute approximate surface area is 193 Å². The molecule has 0 radical (unpaired) electrons. The van der Waals surface area contributed by atoms with Gasteiger partial charge in [0.25, 0.3) is 0 Å². The average molecular weight is 450 g/mol. The molecule has 6 nitrogen and oxygen atoms in total. The highest BCUT2D eigenvalue weighted by molar-refractivity contribution is 6.33. The van der Waals surface area contributed by atoms with Crippen LogP contribution in [0, 0.1) is 6.92 Å². The normalized spacial score (nSPS) is 14.6. The quantitative estimate of drug-likeness (QED) is 0.340. The third-order valence-electron chi connectivity index (χ3n) is 6.11. The van der Waals surface area contributed by atoms with E-state index >= 15 is 0 Å². The number of aromatic nitrogens is 4. The van der Waals surface area contributed by atoms with E-state index in [1.165, 1.54) is 18.4 Å². The fourth-order valence-corrected chi connectivity index (χ4v) is 4.59. The van der Waals surface area contributed by atoms with Gasteiger partial charge in [-0.3, -0.25) is 9.30 Å². The minimum atomic E-state index is 0.623. The number of halogens is 1. The zero-order valence-corrected chi connectivity index (χ0v) is 19.4. The number of fused-ring (bicyclic) bond motifs is 3. The predicted octanol–water partition coefficient (Wildman–Crippen LogP) is 5.68. The van der Waals surface area contributed by atoms with Gasteiger partial charge in [0.15, 0.2) is 11.5 Å². The number of unbranched alkanes of at least 4 members (excludes halogenated alkanes) is 1. The van der Waals surface area contributed by atoms with Crippen LogP contribution in [0.15, 0.2) is 36.4 Å². The Bertz CT molecular complexity index is 1260. The van der Waals surface area contributed by atoms with Crippen LogP contribution in [0.4, 0.5) is 0 Å². The molecule has 0 spiro atoms. The molecule has 4 aromatic rings. The van der Waals surface area contributed by atoms with Crippen LogP contribution < -0.4 is 4.74 Å². The summed E-state index contributed by atoms with van der Waals surface area (Å²) < 4.78 is 8.01. The van der Waals surface area contributed by atoms with Crippen LogP contribution >= 0.6 is 11.6 Å². The minimum absolute atomic E-state index is 0.623. The summed E-state index contributed by atoms with van der Waals surface area (Å²) in [7, 11) is 0. The standard InChI is InChI=1S/C25H28ClN5O/c1-3-4-13-32-19-8-9-21(26)20(15-19)25-29-28-24-17(2)27-22-10-7-18(14-23(22)31(24)25)16-30-11-5-6-12-30/h7-10,14-15H,3-6,11-13,16H2,1-2H3. The first-order valence-electron chi connectivity index (χ1n) is 11.4. The lowest BCUT2D eigenvalue weighted by molar-refractivity contribution is 0.309. The Morgan fingerprint density at radius 3 is 2.72 bits per heavy atom. The summed E-state index contributed by atoms with van der Waals surface area (Å²) in [6.07, 6.45) is 4.67. The maximum absolute atomic E-state index is 6.63. The van der Waals surface area contributed by atoms with Crippen LogP contribution in [0.1, 0.15) is 43.9 Å². The van der Waals surface area contributed by atoms with Crippen molar-refractivity contribution in [3.63, 3.8) is 0 Å². The molecule has 2 aromatic heterocycles. The zero-order valence-electron chi connectivity index (χ0n) is 18.6. The molecule has 0 bridgehead atoms. The van der Waals surface area contributed by atoms with E-state index in [0.717, 1.165) is 66.2 Å². The van der Waals surface area contributed by atoms with Crippen molar-refractivity contribution in [2.75, 3.05) is 19.7 Å². The van der Waals surface area contributed by atoms with Gasteiger partial charge in [0, 0.05) is 12.1 Å². The van der Waals surface area contributed by atoms with E-state index in [2.05, 4.69) is 44.6 Å². The summed E-state index contributed by atoms with van der Waals surface area (Å²) in [6.45, 7) is 8.08. The summed E-state index contributed by atoms with van der Waals surface area (Å²) in [5.74, 6) is 1.50. The van der Waals surface area contributed by atoms with Gasteiger partial charge in [0.05, 0.1) is 28.4 Å². The largest absolute Gasteiger partial charge is 0.494 e. The summed E-state index contributed by atoms with van der Waals surface area (Å²) >= 11 is 6.63. The molecular formula is C25H28ClN5O. The summed E-state index contributed by atoms with van der Waals surface area (Å²) in [5.41, 5.74) is 5.59. The third kappa shape index (κ3) is 4.05. The van der Waals surface area contributed by atoms with Crippen LogP contribution in [0.2, 0.25) is 5.02 Å². The van der Waals surface area contributed by atoms with Crippen molar-refractivity contribution in [2.45, 2.75) is 46.1 Å². The van der Waals surface area contributed by atoms with Gasteiger partial charge in [0.1, 0.15) is 5.75 Å². The SMILES string of the molecule is CCCCOc1ccc(Cl)c(-c2nnc3c(C)nc4ccc(CN5CCCC5)cc4n23)c1. The third-order valence-corrected chi connectivity index (χ3v) is 6.44.